The number of esters is 1. The van der Waals surface area contributed by atoms with Gasteiger partial charge in [-0.25, -0.2) is 0 Å². The molecule has 1 heterocycles. The Bertz CT molecular complexity index is 1080. The number of Topliss-reactive ketones (excluding diaryl/α,β-unsaturated/α-hetero) is 1. The van der Waals surface area contributed by atoms with Crippen molar-refractivity contribution in [3.63, 3.8) is 0 Å². The fraction of sp³-hybridized carbons (Fsp3) is 0.562. The highest BCUT2D eigenvalue weighted by Crippen LogP contribution is 2.43. The molecule has 0 radical (unpaired) electrons. The molecule has 2 aromatic carbocycles. The number of methoxy groups -OCH3 is 1. The molecule has 0 aliphatic carbocycles. The van der Waals surface area contributed by atoms with E-state index >= 15 is 0 Å². The normalized spacial score (nSPS) is 14.5. The molecule has 7 nitrogen and oxygen atoms in total. The van der Waals surface area contributed by atoms with Crippen LogP contribution in [0, 0.1) is 0 Å². The quantitative estimate of drug-likeness (QED) is 0.118. The highest BCUT2D eigenvalue weighted by Gasteiger charge is 2.31. The van der Waals surface area contributed by atoms with E-state index in [2.05, 4.69) is 6.92 Å². The number of ketones is 1. The largest absolute Gasteiger partial charge is 0.507 e. The van der Waals surface area contributed by atoms with Crippen molar-refractivity contribution < 1.29 is 34.0 Å². The summed E-state index contributed by atoms with van der Waals surface area (Å²) in [4.78, 5) is 25.1. The minimum Gasteiger partial charge on any atom is -0.507 e. The Morgan fingerprint density at radius 1 is 0.872 bits per heavy atom. The van der Waals surface area contributed by atoms with Gasteiger partial charge in [-0.1, -0.05) is 90.0 Å². The number of carbonyl (C=O) groups excluding carboxylic acids is 2. The number of unbranched alkanes of at least 4 members (excludes halogenated alkanes) is 12. The number of phenols is 2. The number of rotatable bonds is 17. The van der Waals surface area contributed by atoms with Crippen molar-refractivity contribution in [1.82, 2.24) is 0 Å². The van der Waals surface area contributed by atoms with Gasteiger partial charge in [-0.15, -0.1) is 0 Å². The highest BCUT2D eigenvalue weighted by atomic mass is 16.5. The first-order valence-corrected chi connectivity index (χ1v) is 14.6. The smallest absolute Gasteiger partial charge is 0.311 e. The maximum Gasteiger partial charge on any atom is 0.311 e. The predicted octanol–water partition coefficient (Wildman–Crippen LogP) is 8.20. The Morgan fingerprint density at radius 3 is 2.08 bits per heavy atom. The van der Waals surface area contributed by atoms with Gasteiger partial charge in [-0.2, -0.15) is 0 Å². The maximum absolute atomic E-state index is 12.7. The minimum atomic E-state index is -0.655. The average molecular weight is 541 g/mol. The van der Waals surface area contributed by atoms with Crippen molar-refractivity contribution in [2.24, 2.45) is 0 Å². The van der Waals surface area contributed by atoms with Crippen molar-refractivity contribution in [3.8, 4) is 28.7 Å². The molecule has 0 saturated heterocycles. The van der Waals surface area contributed by atoms with Gasteiger partial charge in [0, 0.05) is 18.6 Å². The lowest BCUT2D eigenvalue weighted by atomic mass is 9.95. The average Bonchev–Trinajstić information content (AvgIpc) is 2.90. The van der Waals surface area contributed by atoms with Gasteiger partial charge in [-0.3, -0.25) is 9.59 Å². The molecule has 0 amide bonds. The molecule has 214 valence electrons. The molecule has 0 aromatic heterocycles. The molecule has 1 aliphatic heterocycles. The van der Waals surface area contributed by atoms with Crippen LogP contribution in [-0.4, -0.2) is 29.1 Å². The summed E-state index contributed by atoms with van der Waals surface area (Å²) in [5.41, 5.74) is 0.664. The number of fused-ring (bicyclic) bond motifs is 1. The van der Waals surface area contributed by atoms with E-state index in [0.717, 1.165) is 19.3 Å². The van der Waals surface area contributed by atoms with Gasteiger partial charge in [0.1, 0.15) is 28.9 Å². The second-order valence-electron chi connectivity index (χ2n) is 10.4. The van der Waals surface area contributed by atoms with Crippen molar-refractivity contribution in [1.29, 1.82) is 0 Å². The third-order valence-corrected chi connectivity index (χ3v) is 7.26. The van der Waals surface area contributed by atoms with Gasteiger partial charge in [0.15, 0.2) is 17.3 Å². The molecule has 2 N–H and O–H groups in total. The molecular formula is C32H44O7. The van der Waals surface area contributed by atoms with Crippen molar-refractivity contribution in [2.45, 2.75) is 109 Å². The number of hydrogen-bond acceptors (Lipinski definition) is 7. The second-order valence-corrected chi connectivity index (χ2v) is 10.4. The van der Waals surface area contributed by atoms with E-state index in [0.29, 0.717) is 17.7 Å². The fourth-order valence-electron chi connectivity index (χ4n) is 5.04. The summed E-state index contributed by atoms with van der Waals surface area (Å²) in [6.07, 6.45) is 15.7. The van der Waals surface area contributed by atoms with E-state index in [1.165, 1.54) is 89.5 Å². The van der Waals surface area contributed by atoms with E-state index in [4.69, 9.17) is 14.2 Å². The van der Waals surface area contributed by atoms with Gasteiger partial charge in [-0.05, 0) is 24.1 Å². The zero-order chi connectivity index (χ0) is 28.0. The van der Waals surface area contributed by atoms with E-state index in [1.54, 1.807) is 12.1 Å². The Morgan fingerprint density at radius 2 is 1.49 bits per heavy atom. The SMILES string of the molecule is CCCCCCCCCCCCCCCC(=O)Oc1cc(O)c2c(c1)O[C@H](c1ccc(OC)c(O)c1)CC2=O. The molecule has 1 atom stereocenters. The number of phenolic OH excluding ortho intramolecular Hbond substituents is 2. The summed E-state index contributed by atoms with van der Waals surface area (Å²) in [7, 11) is 1.45. The minimum absolute atomic E-state index is 0.00447. The number of ether oxygens (including phenoxy) is 3. The van der Waals surface area contributed by atoms with Crippen molar-refractivity contribution in [2.75, 3.05) is 7.11 Å². The van der Waals surface area contributed by atoms with Gasteiger partial charge in [0.25, 0.3) is 0 Å². The van der Waals surface area contributed by atoms with Crippen LogP contribution in [-0.2, 0) is 4.79 Å². The van der Waals surface area contributed by atoms with Crippen LogP contribution < -0.4 is 14.2 Å². The van der Waals surface area contributed by atoms with E-state index in [-0.39, 0.29) is 46.7 Å². The number of hydrogen-bond donors (Lipinski definition) is 2. The Hall–Kier alpha value is -3.22. The Balaban J connectivity index is 1.40. The van der Waals surface area contributed by atoms with Gasteiger partial charge < -0.3 is 24.4 Å². The standard InChI is InChI=1S/C32H44O7/c1-3-4-5-6-7-8-9-10-11-12-13-14-15-16-31(36)38-24-20-26(34)32-27(35)22-29(39-30(32)21-24)23-17-18-28(37-2)25(33)19-23/h17-21,29,33-34H,3-16,22H2,1-2H3/t29-/m0/s1. The molecule has 0 bridgehead atoms. The lowest BCUT2D eigenvalue weighted by Gasteiger charge is -2.26. The fourth-order valence-corrected chi connectivity index (χ4v) is 5.04. The maximum atomic E-state index is 12.7. The van der Waals surface area contributed by atoms with Gasteiger partial charge in [0.2, 0.25) is 0 Å². The van der Waals surface area contributed by atoms with Crippen molar-refractivity contribution in [3.05, 3.63) is 41.5 Å². The summed E-state index contributed by atoms with van der Waals surface area (Å²) >= 11 is 0. The van der Waals surface area contributed by atoms with Crippen molar-refractivity contribution >= 4 is 11.8 Å². The van der Waals surface area contributed by atoms with Crippen LogP contribution in [0.5, 0.6) is 28.7 Å². The third-order valence-electron chi connectivity index (χ3n) is 7.26. The van der Waals surface area contributed by atoms with E-state index in [9.17, 15) is 19.8 Å². The molecule has 7 heteroatoms. The number of benzene rings is 2. The zero-order valence-electron chi connectivity index (χ0n) is 23.5. The lowest BCUT2D eigenvalue weighted by Crippen LogP contribution is -2.20. The summed E-state index contributed by atoms with van der Waals surface area (Å²) in [5.74, 6) is -0.410. The molecule has 0 fully saturated rings. The zero-order valence-corrected chi connectivity index (χ0v) is 23.5. The first-order valence-electron chi connectivity index (χ1n) is 14.6. The van der Waals surface area contributed by atoms with Gasteiger partial charge >= 0.3 is 5.97 Å². The highest BCUT2D eigenvalue weighted by molar-refractivity contribution is 6.02. The predicted molar refractivity (Wildman–Crippen MR) is 151 cm³/mol. The van der Waals surface area contributed by atoms with Crippen LogP contribution in [0.25, 0.3) is 0 Å². The van der Waals surface area contributed by atoms with E-state index in [1.807, 2.05) is 0 Å². The molecule has 0 spiro atoms. The van der Waals surface area contributed by atoms with Crippen LogP contribution in [0.4, 0.5) is 0 Å². The van der Waals surface area contributed by atoms with E-state index < -0.39 is 6.10 Å². The lowest BCUT2D eigenvalue weighted by molar-refractivity contribution is -0.134. The number of aromatic hydroxyl groups is 2. The van der Waals surface area contributed by atoms with Crippen LogP contribution in [0.2, 0.25) is 0 Å². The molecule has 1 aliphatic rings. The summed E-state index contributed by atoms with van der Waals surface area (Å²) in [5, 5.41) is 20.5. The van der Waals surface area contributed by atoms with Crippen LogP contribution in [0.3, 0.4) is 0 Å². The van der Waals surface area contributed by atoms with Crippen LogP contribution >= 0.6 is 0 Å². The Kier molecular flexibility index (Phi) is 12.5. The van der Waals surface area contributed by atoms with Crippen LogP contribution in [0.15, 0.2) is 30.3 Å². The molecule has 2 aromatic rings. The van der Waals surface area contributed by atoms with Gasteiger partial charge in [0.05, 0.1) is 13.5 Å². The van der Waals surface area contributed by atoms with Crippen LogP contribution in [0.1, 0.15) is 125 Å². The molecular weight excluding hydrogens is 496 g/mol. The third kappa shape index (κ3) is 9.48. The first-order chi connectivity index (χ1) is 18.9. The molecule has 39 heavy (non-hydrogen) atoms. The Labute approximate surface area is 232 Å². The second kappa shape index (κ2) is 16.0. The summed E-state index contributed by atoms with van der Waals surface area (Å²) in [6, 6.07) is 7.54. The monoisotopic (exact) mass is 540 g/mol. The summed E-state index contributed by atoms with van der Waals surface area (Å²) < 4.78 is 16.5. The molecule has 3 rings (SSSR count). The number of carbonyl (C=O) groups is 2. The molecule has 0 unspecified atom stereocenters. The summed E-state index contributed by atoms with van der Waals surface area (Å²) in [6.45, 7) is 2.25. The molecule has 0 saturated carbocycles. The topological polar surface area (TPSA) is 102 Å². The first kappa shape index (κ1) is 30.3.